The number of likely N-dealkylation sites (tertiary alicyclic amines) is 1. The largest absolute Gasteiger partial charge is 0.447 e. The predicted octanol–water partition coefficient (Wildman–Crippen LogP) is 5.29. The molecule has 5 nitrogen and oxygen atoms in total. The summed E-state index contributed by atoms with van der Waals surface area (Å²) in [7, 11) is 0. The number of nitrogens with zero attached hydrogens (tertiary/aromatic N) is 3. The lowest BCUT2D eigenvalue weighted by atomic mass is 10.0. The van der Waals surface area contributed by atoms with Gasteiger partial charge in [0.2, 0.25) is 5.89 Å². The molecule has 1 aliphatic rings. The molecule has 4 rings (SSSR count). The van der Waals surface area contributed by atoms with E-state index in [4.69, 9.17) is 4.42 Å². The first-order chi connectivity index (χ1) is 15.0. The number of oxazole rings is 1. The molecule has 3 aromatic rings. The minimum Gasteiger partial charge on any atom is -0.447 e. The zero-order valence-electron chi connectivity index (χ0n) is 18.7. The monoisotopic (exact) mass is 417 g/mol. The van der Waals surface area contributed by atoms with Crippen molar-refractivity contribution < 1.29 is 9.21 Å². The Balaban J connectivity index is 1.57. The van der Waals surface area contributed by atoms with Crippen LogP contribution in [0.5, 0.6) is 0 Å². The van der Waals surface area contributed by atoms with Crippen LogP contribution in [0.4, 0.5) is 0 Å². The van der Waals surface area contributed by atoms with Gasteiger partial charge in [-0.1, -0.05) is 54.1 Å². The van der Waals surface area contributed by atoms with Crippen molar-refractivity contribution in [2.45, 2.75) is 52.7 Å². The molecule has 31 heavy (non-hydrogen) atoms. The summed E-state index contributed by atoms with van der Waals surface area (Å²) >= 11 is 0. The Morgan fingerprint density at radius 1 is 1.10 bits per heavy atom. The lowest BCUT2D eigenvalue weighted by Crippen LogP contribution is -2.28. The number of aromatic nitrogens is 1. The highest BCUT2D eigenvalue weighted by Crippen LogP contribution is 2.26. The molecule has 1 fully saturated rings. The van der Waals surface area contributed by atoms with Crippen molar-refractivity contribution in [3.05, 3.63) is 88.6 Å². The van der Waals surface area contributed by atoms with Gasteiger partial charge in [-0.25, -0.2) is 4.98 Å². The Morgan fingerprint density at radius 3 is 2.58 bits per heavy atom. The van der Waals surface area contributed by atoms with E-state index in [1.807, 2.05) is 11.0 Å². The van der Waals surface area contributed by atoms with Crippen LogP contribution in [0.25, 0.3) is 0 Å². The molecule has 1 atom stereocenters. The van der Waals surface area contributed by atoms with E-state index in [9.17, 15) is 4.79 Å². The smallest absolute Gasteiger partial charge is 0.275 e. The molecule has 2 aromatic carbocycles. The van der Waals surface area contributed by atoms with Crippen LogP contribution in [0.3, 0.4) is 0 Å². The topological polar surface area (TPSA) is 49.6 Å². The molecule has 0 spiro atoms. The van der Waals surface area contributed by atoms with Crippen LogP contribution in [-0.4, -0.2) is 33.8 Å². The number of hydrogen-bond acceptors (Lipinski definition) is 4. The van der Waals surface area contributed by atoms with E-state index in [1.54, 1.807) is 0 Å². The molecule has 0 aliphatic carbocycles. The molecule has 2 heterocycles. The Bertz CT molecular complexity index is 1020. The Labute approximate surface area is 184 Å². The third kappa shape index (κ3) is 5.05. The van der Waals surface area contributed by atoms with Crippen molar-refractivity contribution >= 4 is 5.91 Å². The van der Waals surface area contributed by atoms with Crippen LogP contribution in [0.15, 0.2) is 59.2 Å². The summed E-state index contributed by atoms with van der Waals surface area (Å²) in [5, 5.41) is 0. The lowest BCUT2D eigenvalue weighted by Gasteiger charge is -2.29. The van der Waals surface area contributed by atoms with Crippen molar-refractivity contribution in [3.8, 4) is 0 Å². The van der Waals surface area contributed by atoms with E-state index >= 15 is 0 Å². The van der Waals surface area contributed by atoms with Crippen molar-refractivity contribution in [3.63, 3.8) is 0 Å². The molecule has 162 valence electrons. The fourth-order valence-corrected chi connectivity index (χ4v) is 4.20. The van der Waals surface area contributed by atoms with Crippen LogP contribution >= 0.6 is 0 Å². The maximum atomic E-state index is 12.7. The van der Waals surface area contributed by atoms with Gasteiger partial charge in [0.25, 0.3) is 5.91 Å². The fraction of sp³-hybridized carbons (Fsp3) is 0.385. The molecule has 0 radical (unpaired) electrons. The zero-order chi connectivity index (χ0) is 21.8. The van der Waals surface area contributed by atoms with Crippen LogP contribution in [0.1, 0.15) is 64.4 Å². The van der Waals surface area contributed by atoms with Crippen LogP contribution in [-0.2, 0) is 13.1 Å². The summed E-state index contributed by atoms with van der Waals surface area (Å²) in [6.07, 6.45) is 3.64. The summed E-state index contributed by atoms with van der Waals surface area (Å²) in [5.74, 6) is 0.556. The predicted molar refractivity (Wildman–Crippen MR) is 122 cm³/mol. The molecule has 1 aliphatic heterocycles. The van der Waals surface area contributed by atoms with E-state index in [0.717, 1.165) is 32.5 Å². The van der Waals surface area contributed by atoms with Gasteiger partial charge in [-0.2, -0.15) is 0 Å². The highest BCUT2D eigenvalue weighted by molar-refractivity contribution is 5.92. The normalized spacial score (nSPS) is 14.9. The number of hydrogen-bond donors (Lipinski definition) is 0. The lowest BCUT2D eigenvalue weighted by molar-refractivity contribution is 0.0787. The molecule has 1 aromatic heterocycles. The van der Waals surface area contributed by atoms with Gasteiger partial charge in [0.1, 0.15) is 6.26 Å². The van der Waals surface area contributed by atoms with Crippen LogP contribution in [0.2, 0.25) is 0 Å². The van der Waals surface area contributed by atoms with Gasteiger partial charge in [-0.15, -0.1) is 0 Å². The molecule has 5 heteroatoms. The van der Waals surface area contributed by atoms with E-state index in [-0.39, 0.29) is 11.9 Å². The third-order valence-electron chi connectivity index (χ3n) is 6.21. The first-order valence-electron chi connectivity index (χ1n) is 11.1. The quantitative estimate of drug-likeness (QED) is 0.524. The van der Waals surface area contributed by atoms with Gasteiger partial charge in [-0.3, -0.25) is 9.69 Å². The van der Waals surface area contributed by atoms with E-state index in [2.05, 4.69) is 73.1 Å². The van der Waals surface area contributed by atoms with Gasteiger partial charge < -0.3 is 9.32 Å². The van der Waals surface area contributed by atoms with E-state index in [0.29, 0.717) is 18.1 Å². The van der Waals surface area contributed by atoms with Crippen molar-refractivity contribution in [1.82, 2.24) is 14.8 Å². The van der Waals surface area contributed by atoms with Crippen molar-refractivity contribution in [1.29, 1.82) is 0 Å². The number of carbonyl (C=O) groups excluding carboxylic acids is 1. The second-order valence-corrected chi connectivity index (χ2v) is 8.55. The number of carbonyl (C=O) groups is 1. The Morgan fingerprint density at radius 2 is 1.84 bits per heavy atom. The second kappa shape index (κ2) is 9.48. The molecule has 0 bridgehead atoms. The number of rotatable bonds is 7. The maximum Gasteiger partial charge on any atom is 0.275 e. The molecular weight excluding hydrogens is 386 g/mol. The van der Waals surface area contributed by atoms with Gasteiger partial charge >= 0.3 is 0 Å². The van der Waals surface area contributed by atoms with E-state index < -0.39 is 0 Å². The number of amides is 1. The van der Waals surface area contributed by atoms with Crippen molar-refractivity contribution in [2.75, 3.05) is 13.1 Å². The van der Waals surface area contributed by atoms with Gasteiger partial charge in [0, 0.05) is 25.7 Å². The SMILES string of the molecule is Cc1ccc(C)c(CN(Cc2nc(C(=O)N3CCCC3)co2)C(C)c2ccccc2)c1. The number of benzene rings is 2. The number of aryl methyl sites for hydroxylation is 2. The van der Waals surface area contributed by atoms with Gasteiger partial charge in [-0.05, 0) is 50.3 Å². The summed E-state index contributed by atoms with van der Waals surface area (Å²) in [5.41, 5.74) is 5.47. The second-order valence-electron chi connectivity index (χ2n) is 8.55. The fourth-order valence-electron chi connectivity index (χ4n) is 4.20. The molecule has 0 saturated carbocycles. The van der Waals surface area contributed by atoms with Crippen LogP contribution < -0.4 is 0 Å². The average molecular weight is 418 g/mol. The van der Waals surface area contributed by atoms with E-state index in [1.165, 1.54) is 28.5 Å². The maximum absolute atomic E-state index is 12.7. The Kier molecular flexibility index (Phi) is 6.52. The first-order valence-corrected chi connectivity index (χ1v) is 11.1. The summed E-state index contributed by atoms with van der Waals surface area (Å²) in [6, 6.07) is 17.2. The Hall–Kier alpha value is -2.92. The zero-order valence-corrected chi connectivity index (χ0v) is 18.7. The van der Waals surface area contributed by atoms with Gasteiger partial charge in [0.05, 0.1) is 6.54 Å². The highest BCUT2D eigenvalue weighted by Gasteiger charge is 2.24. The molecule has 1 saturated heterocycles. The molecular formula is C26H31N3O2. The molecule has 0 N–H and O–H groups in total. The summed E-state index contributed by atoms with van der Waals surface area (Å²) in [6.45, 7) is 9.42. The molecule has 1 amide bonds. The highest BCUT2D eigenvalue weighted by atomic mass is 16.3. The van der Waals surface area contributed by atoms with Gasteiger partial charge in [0.15, 0.2) is 5.69 Å². The summed E-state index contributed by atoms with van der Waals surface area (Å²) in [4.78, 5) is 21.4. The molecule has 1 unspecified atom stereocenters. The standard InChI is InChI=1S/C26H31N3O2/c1-19-11-12-20(2)23(15-19)16-29(21(3)22-9-5-4-6-10-22)17-25-27-24(18-31-25)26(30)28-13-7-8-14-28/h4-6,9-12,15,18,21H,7-8,13-14,16-17H2,1-3H3. The minimum absolute atomic E-state index is 0.0234. The van der Waals surface area contributed by atoms with Crippen molar-refractivity contribution in [2.24, 2.45) is 0 Å². The average Bonchev–Trinajstić information content (AvgIpc) is 3.48. The summed E-state index contributed by atoms with van der Waals surface area (Å²) < 4.78 is 5.75. The third-order valence-corrected chi connectivity index (χ3v) is 6.21. The van der Waals surface area contributed by atoms with Crippen LogP contribution in [0, 0.1) is 13.8 Å². The first kappa shape index (κ1) is 21.3. The minimum atomic E-state index is -0.0234.